The summed E-state index contributed by atoms with van der Waals surface area (Å²) in [4.78, 5) is 4.30. The van der Waals surface area contributed by atoms with Gasteiger partial charge >= 0.3 is 0 Å². The van der Waals surface area contributed by atoms with Crippen molar-refractivity contribution >= 4 is 6.21 Å². The Hall–Kier alpha value is -0.850. The van der Waals surface area contributed by atoms with E-state index >= 15 is 0 Å². The quantitative estimate of drug-likeness (QED) is 0.584. The summed E-state index contributed by atoms with van der Waals surface area (Å²) in [6, 6.07) is 0. The molecule has 0 rings (SSSR count). The summed E-state index contributed by atoms with van der Waals surface area (Å²) in [6.07, 6.45) is 1.82. The maximum absolute atomic E-state index is 4.30. The standard InChI is InChI=1S/C12H21N/c1-9(2)10(3)8-13-11(4)12(5,6)7/h8-9H,3-4H2,1-2,5-7H3. The number of rotatable bonds is 3. The fraction of sp³-hybridized carbons (Fsp3) is 0.583. The zero-order valence-electron chi connectivity index (χ0n) is 9.52. The van der Waals surface area contributed by atoms with Gasteiger partial charge in [0.05, 0.1) is 0 Å². The molecule has 0 saturated carbocycles. The summed E-state index contributed by atoms with van der Waals surface area (Å²) in [7, 11) is 0. The normalized spacial score (nSPS) is 12.5. The topological polar surface area (TPSA) is 12.4 Å². The molecular weight excluding hydrogens is 158 g/mol. The van der Waals surface area contributed by atoms with Crippen LogP contribution >= 0.6 is 0 Å². The van der Waals surface area contributed by atoms with Gasteiger partial charge in [-0.1, -0.05) is 47.8 Å². The number of hydrogen-bond donors (Lipinski definition) is 0. The van der Waals surface area contributed by atoms with E-state index in [1.54, 1.807) is 0 Å². The third-order valence-electron chi connectivity index (χ3n) is 1.99. The molecule has 0 bridgehead atoms. The molecule has 13 heavy (non-hydrogen) atoms. The van der Waals surface area contributed by atoms with Gasteiger partial charge in [0, 0.05) is 17.3 Å². The lowest BCUT2D eigenvalue weighted by molar-refractivity contribution is 0.501. The molecule has 0 saturated heterocycles. The molecule has 0 aliphatic rings. The fourth-order valence-electron chi connectivity index (χ4n) is 0.504. The van der Waals surface area contributed by atoms with Crippen LogP contribution in [0, 0.1) is 11.3 Å². The molecule has 0 aliphatic heterocycles. The van der Waals surface area contributed by atoms with Crippen molar-refractivity contribution in [3.63, 3.8) is 0 Å². The third kappa shape index (κ3) is 4.66. The van der Waals surface area contributed by atoms with Crippen LogP contribution in [0.15, 0.2) is 29.4 Å². The molecule has 0 aromatic heterocycles. The number of hydrogen-bond acceptors (Lipinski definition) is 1. The zero-order valence-corrected chi connectivity index (χ0v) is 9.52. The Balaban J connectivity index is 4.30. The third-order valence-corrected chi connectivity index (χ3v) is 1.99. The fourth-order valence-corrected chi connectivity index (χ4v) is 0.504. The average Bonchev–Trinajstić information content (AvgIpc) is 1.97. The summed E-state index contributed by atoms with van der Waals surface area (Å²) >= 11 is 0. The number of aliphatic imine (C=N–C) groups is 1. The summed E-state index contributed by atoms with van der Waals surface area (Å²) < 4.78 is 0. The lowest BCUT2D eigenvalue weighted by Crippen LogP contribution is -2.07. The Morgan fingerprint density at radius 3 is 2.00 bits per heavy atom. The zero-order chi connectivity index (χ0) is 10.6. The van der Waals surface area contributed by atoms with Gasteiger partial charge in [-0.05, 0) is 11.5 Å². The molecule has 0 aliphatic carbocycles. The molecule has 0 heterocycles. The maximum Gasteiger partial charge on any atom is 0.0385 e. The van der Waals surface area contributed by atoms with E-state index in [9.17, 15) is 0 Å². The summed E-state index contributed by atoms with van der Waals surface area (Å²) in [5.41, 5.74) is 1.99. The van der Waals surface area contributed by atoms with Gasteiger partial charge in [0.25, 0.3) is 0 Å². The van der Waals surface area contributed by atoms with E-state index in [1.165, 1.54) is 0 Å². The van der Waals surface area contributed by atoms with E-state index in [0.29, 0.717) is 5.92 Å². The Morgan fingerprint density at radius 1 is 1.23 bits per heavy atom. The first-order chi connectivity index (χ1) is 5.75. The monoisotopic (exact) mass is 179 g/mol. The molecule has 0 radical (unpaired) electrons. The molecule has 74 valence electrons. The van der Waals surface area contributed by atoms with E-state index in [1.807, 2.05) is 6.21 Å². The van der Waals surface area contributed by atoms with E-state index in [2.05, 4.69) is 52.8 Å². The van der Waals surface area contributed by atoms with Crippen molar-refractivity contribution in [2.24, 2.45) is 16.3 Å². The maximum atomic E-state index is 4.30. The average molecular weight is 179 g/mol. The van der Waals surface area contributed by atoms with Gasteiger partial charge < -0.3 is 0 Å². The van der Waals surface area contributed by atoms with Crippen LogP contribution in [0.4, 0.5) is 0 Å². The summed E-state index contributed by atoms with van der Waals surface area (Å²) in [6.45, 7) is 18.4. The van der Waals surface area contributed by atoms with Crippen LogP contribution in [0.3, 0.4) is 0 Å². The van der Waals surface area contributed by atoms with Crippen LogP contribution in [-0.4, -0.2) is 6.21 Å². The van der Waals surface area contributed by atoms with Crippen LogP contribution < -0.4 is 0 Å². The van der Waals surface area contributed by atoms with E-state index in [4.69, 9.17) is 0 Å². The molecule has 0 fully saturated rings. The van der Waals surface area contributed by atoms with Crippen molar-refractivity contribution in [2.45, 2.75) is 34.6 Å². The van der Waals surface area contributed by atoms with Crippen LogP contribution in [0.1, 0.15) is 34.6 Å². The second-order valence-corrected chi connectivity index (χ2v) is 4.68. The van der Waals surface area contributed by atoms with Crippen LogP contribution in [0.5, 0.6) is 0 Å². The van der Waals surface area contributed by atoms with Crippen LogP contribution in [0.25, 0.3) is 0 Å². The largest absolute Gasteiger partial charge is 0.261 e. The predicted molar refractivity (Wildman–Crippen MR) is 61.1 cm³/mol. The van der Waals surface area contributed by atoms with Gasteiger partial charge in [-0.15, -0.1) is 0 Å². The van der Waals surface area contributed by atoms with Gasteiger partial charge in [0.2, 0.25) is 0 Å². The van der Waals surface area contributed by atoms with E-state index < -0.39 is 0 Å². The predicted octanol–water partition coefficient (Wildman–Crippen LogP) is 3.83. The highest BCUT2D eigenvalue weighted by atomic mass is 14.7. The Labute approximate surface area is 82.3 Å². The van der Waals surface area contributed by atoms with Gasteiger partial charge in [-0.2, -0.15) is 0 Å². The first kappa shape index (κ1) is 12.2. The molecule has 1 nitrogen and oxygen atoms in total. The van der Waals surface area contributed by atoms with Crippen molar-refractivity contribution < 1.29 is 0 Å². The second-order valence-electron chi connectivity index (χ2n) is 4.68. The summed E-state index contributed by atoms with van der Waals surface area (Å²) in [5, 5.41) is 0. The van der Waals surface area contributed by atoms with Crippen molar-refractivity contribution in [3.8, 4) is 0 Å². The molecule has 0 aromatic carbocycles. The van der Waals surface area contributed by atoms with E-state index in [-0.39, 0.29) is 5.41 Å². The first-order valence-electron chi connectivity index (χ1n) is 4.67. The minimum absolute atomic E-state index is 0.0494. The minimum Gasteiger partial charge on any atom is -0.261 e. The first-order valence-corrected chi connectivity index (χ1v) is 4.67. The minimum atomic E-state index is 0.0494. The highest BCUT2D eigenvalue weighted by molar-refractivity contribution is 5.79. The number of allylic oxidation sites excluding steroid dienone is 2. The SMILES string of the molecule is C=C(C=NC(=C)C(C)(C)C)C(C)C. The summed E-state index contributed by atoms with van der Waals surface area (Å²) in [5.74, 6) is 0.455. The Bertz CT molecular complexity index is 226. The molecule has 0 unspecified atom stereocenters. The highest BCUT2D eigenvalue weighted by Gasteiger charge is 2.13. The number of nitrogens with zero attached hydrogens (tertiary/aromatic N) is 1. The molecule has 0 amide bonds. The molecule has 0 atom stereocenters. The van der Waals surface area contributed by atoms with Gasteiger partial charge in [0.15, 0.2) is 0 Å². The van der Waals surface area contributed by atoms with Crippen LogP contribution in [0.2, 0.25) is 0 Å². The van der Waals surface area contributed by atoms with Gasteiger partial charge in [-0.25, -0.2) is 0 Å². The van der Waals surface area contributed by atoms with Gasteiger partial charge in [-0.3, -0.25) is 4.99 Å². The lowest BCUT2D eigenvalue weighted by atomic mass is 9.93. The molecule has 0 spiro atoms. The Kier molecular flexibility index (Phi) is 4.12. The van der Waals surface area contributed by atoms with E-state index in [0.717, 1.165) is 11.3 Å². The van der Waals surface area contributed by atoms with Crippen molar-refractivity contribution in [1.29, 1.82) is 0 Å². The molecular formula is C12H21N. The van der Waals surface area contributed by atoms with Crippen LogP contribution in [-0.2, 0) is 0 Å². The highest BCUT2D eigenvalue weighted by Crippen LogP contribution is 2.24. The molecule has 0 N–H and O–H groups in total. The van der Waals surface area contributed by atoms with Crippen molar-refractivity contribution in [3.05, 3.63) is 24.4 Å². The second kappa shape index (κ2) is 4.40. The molecule has 0 aromatic rings. The van der Waals surface area contributed by atoms with Crippen molar-refractivity contribution in [1.82, 2.24) is 0 Å². The smallest absolute Gasteiger partial charge is 0.0385 e. The van der Waals surface area contributed by atoms with Crippen molar-refractivity contribution in [2.75, 3.05) is 0 Å². The van der Waals surface area contributed by atoms with Gasteiger partial charge in [0.1, 0.15) is 0 Å². The lowest BCUT2D eigenvalue weighted by Gasteiger charge is -2.17. The molecule has 1 heteroatoms. The Morgan fingerprint density at radius 2 is 1.69 bits per heavy atom.